The van der Waals surface area contributed by atoms with Gasteiger partial charge in [0.15, 0.2) is 0 Å². The predicted molar refractivity (Wildman–Crippen MR) is 121 cm³/mol. The van der Waals surface area contributed by atoms with Gasteiger partial charge in [0.05, 0.1) is 0 Å². The number of para-hydroxylation sites is 1. The molecule has 1 atom stereocenters. The summed E-state index contributed by atoms with van der Waals surface area (Å²) in [5.74, 6) is -1.22. The van der Waals surface area contributed by atoms with Crippen LogP contribution >= 0.6 is 11.6 Å². The number of amides is 2. The third-order valence-corrected chi connectivity index (χ3v) is 5.92. The Hall–Kier alpha value is -2.57. The molecule has 30 heavy (non-hydrogen) atoms. The highest BCUT2D eigenvalue weighted by Crippen LogP contribution is 2.17. The van der Waals surface area contributed by atoms with Gasteiger partial charge in [-0.15, -0.1) is 0 Å². The van der Waals surface area contributed by atoms with Crippen molar-refractivity contribution in [2.75, 3.05) is 37.6 Å². The van der Waals surface area contributed by atoms with Gasteiger partial charge < -0.3 is 15.5 Å². The Morgan fingerprint density at radius 2 is 1.67 bits per heavy atom. The summed E-state index contributed by atoms with van der Waals surface area (Å²) in [6.45, 7) is 8.46. The molecule has 0 bridgehead atoms. The van der Waals surface area contributed by atoms with Gasteiger partial charge in [-0.1, -0.05) is 41.9 Å². The minimum Gasteiger partial charge on any atom is -0.369 e. The van der Waals surface area contributed by atoms with E-state index in [9.17, 15) is 9.59 Å². The normalized spacial score (nSPS) is 15.5. The summed E-state index contributed by atoms with van der Waals surface area (Å²) in [6.07, 6.45) is 0. The highest BCUT2D eigenvalue weighted by atomic mass is 35.5. The summed E-state index contributed by atoms with van der Waals surface area (Å²) in [7, 11) is 0. The Labute approximate surface area is 183 Å². The quantitative estimate of drug-likeness (QED) is 0.694. The van der Waals surface area contributed by atoms with Crippen LogP contribution in [0.15, 0.2) is 48.5 Å². The van der Waals surface area contributed by atoms with Gasteiger partial charge in [0.1, 0.15) is 0 Å². The fourth-order valence-corrected chi connectivity index (χ4v) is 3.71. The second-order valence-corrected chi connectivity index (χ2v) is 8.09. The van der Waals surface area contributed by atoms with E-state index >= 15 is 0 Å². The van der Waals surface area contributed by atoms with E-state index in [0.717, 1.165) is 37.3 Å². The number of hydrogen-bond donors (Lipinski definition) is 2. The molecule has 0 aliphatic carbocycles. The molecular formula is C23H29ClN4O2. The highest BCUT2D eigenvalue weighted by Gasteiger charge is 2.22. The fraction of sp³-hybridized carbons (Fsp3) is 0.391. The van der Waals surface area contributed by atoms with Crippen LogP contribution in [0.1, 0.15) is 18.1 Å². The van der Waals surface area contributed by atoms with Crippen molar-refractivity contribution in [1.82, 2.24) is 15.5 Å². The SMILES string of the molecule is Cc1cc(CNC(=O)C(=O)NCC(C)N2CCN(c3ccccc3)CC2)ccc1Cl. The lowest BCUT2D eigenvalue weighted by Gasteiger charge is -2.39. The number of carbonyl (C=O) groups is 2. The van der Waals surface area contributed by atoms with Gasteiger partial charge in [-0.25, -0.2) is 0 Å². The fourth-order valence-electron chi connectivity index (χ4n) is 3.59. The first-order valence-corrected chi connectivity index (χ1v) is 10.7. The number of halogens is 1. The molecule has 1 heterocycles. The summed E-state index contributed by atoms with van der Waals surface area (Å²) in [5.41, 5.74) is 3.09. The van der Waals surface area contributed by atoms with Gasteiger partial charge in [0.2, 0.25) is 0 Å². The molecule has 1 unspecified atom stereocenters. The van der Waals surface area contributed by atoms with Crippen LogP contribution in [-0.4, -0.2) is 55.5 Å². The molecule has 2 aromatic rings. The molecule has 2 amide bonds. The minimum absolute atomic E-state index is 0.165. The Morgan fingerprint density at radius 1 is 1.00 bits per heavy atom. The van der Waals surface area contributed by atoms with E-state index in [2.05, 4.69) is 51.6 Å². The molecule has 0 radical (unpaired) electrons. The van der Waals surface area contributed by atoms with Crippen molar-refractivity contribution < 1.29 is 9.59 Å². The summed E-state index contributed by atoms with van der Waals surface area (Å²) >= 11 is 6.01. The molecule has 2 N–H and O–H groups in total. The number of carbonyl (C=O) groups excluding carboxylic acids is 2. The van der Waals surface area contributed by atoms with Gasteiger partial charge in [-0.05, 0) is 43.2 Å². The number of piperazine rings is 1. The van der Waals surface area contributed by atoms with Crippen molar-refractivity contribution in [2.45, 2.75) is 26.4 Å². The summed E-state index contributed by atoms with van der Waals surface area (Å²) < 4.78 is 0. The molecule has 1 aliphatic heterocycles. The Morgan fingerprint density at radius 3 is 2.33 bits per heavy atom. The zero-order chi connectivity index (χ0) is 21.5. The Kier molecular flexibility index (Phi) is 7.71. The topological polar surface area (TPSA) is 64.7 Å². The third-order valence-electron chi connectivity index (χ3n) is 5.50. The van der Waals surface area contributed by atoms with Gasteiger partial charge in [-0.3, -0.25) is 14.5 Å². The van der Waals surface area contributed by atoms with Crippen molar-refractivity contribution in [1.29, 1.82) is 0 Å². The maximum absolute atomic E-state index is 12.1. The lowest BCUT2D eigenvalue weighted by atomic mass is 10.1. The maximum atomic E-state index is 12.1. The van der Waals surface area contributed by atoms with E-state index < -0.39 is 11.8 Å². The molecule has 3 rings (SSSR count). The molecule has 1 fully saturated rings. The summed E-state index contributed by atoms with van der Waals surface area (Å²) in [6, 6.07) is 16.1. The smallest absolute Gasteiger partial charge is 0.309 e. The number of rotatable bonds is 6. The van der Waals surface area contributed by atoms with E-state index in [4.69, 9.17) is 11.6 Å². The number of benzene rings is 2. The average Bonchev–Trinajstić information content (AvgIpc) is 2.78. The zero-order valence-electron chi connectivity index (χ0n) is 17.5. The number of hydrogen-bond acceptors (Lipinski definition) is 4. The standard InChI is InChI=1S/C23H29ClN4O2/c1-17-14-19(8-9-21(17)24)16-26-23(30)22(29)25-15-18(2)27-10-12-28(13-11-27)20-6-4-3-5-7-20/h3-9,14,18H,10-13,15-16H2,1-2H3,(H,25,29)(H,26,30). The minimum atomic E-state index is -0.622. The van der Waals surface area contributed by atoms with E-state index in [0.29, 0.717) is 18.1 Å². The van der Waals surface area contributed by atoms with E-state index in [1.54, 1.807) is 6.07 Å². The Balaban J connectivity index is 1.38. The zero-order valence-corrected chi connectivity index (χ0v) is 18.3. The van der Waals surface area contributed by atoms with Gasteiger partial charge in [0, 0.05) is 56.0 Å². The van der Waals surface area contributed by atoms with Crippen LogP contribution < -0.4 is 15.5 Å². The van der Waals surface area contributed by atoms with Crippen LogP contribution in [-0.2, 0) is 16.1 Å². The van der Waals surface area contributed by atoms with Gasteiger partial charge in [-0.2, -0.15) is 0 Å². The van der Waals surface area contributed by atoms with Crippen LogP contribution in [0.25, 0.3) is 0 Å². The molecule has 160 valence electrons. The van der Waals surface area contributed by atoms with Crippen molar-refractivity contribution in [2.24, 2.45) is 0 Å². The lowest BCUT2D eigenvalue weighted by molar-refractivity contribution is -0.139. The molecule has 7 heteroatoms. The molecule has 2 aromatic carbocycles. The first-order valence-electron chi connectivity index (χ1n) is 10.3. The van der Waals surface area contributed by atoms with Gasteiger partial charge >= 0.3 is 11.8 Å². The highest BCUT2D eigenvalue weighted by molar-refractivity contribution is 6.35. The van der Waals surface area contributed by atoms with Crippen LogP contribution in [0.2, 0.25) is 5.02 Å². The van der Waals surface area contributed by atoms with E-state index in [-0.39, 0.29) is 6.04 Å². The monoisotopic (exact) mass is 428 g/mol. The number of anilines is 1. The first-order chi connectivity index (χ1) is 14.4. The number of aryl methyl sites for hydroxylation is 1. The second-order valence-electron chi connectivity index (χ2n) is 7.68. The third kappa shape index (κ3) is 5.97. The van der Waals surface area contributed by atoms with Crippen LogP contribution in [0.5, 0.6) is 0 Å². The Bertz CT molecular complexity index is 867. The summed E-state index contributed by atoms with van der Waals surface area (Å²) in [4.78, 5) is 28.9. The van der Waals surface area contributed by atoms with Crippen molar-refractivity contribution in [3.8, 4) is 0 Å². The average molecular weight is 429 g/mol. The second kappa shape index (κ2) is 10.5. The summed E-state index contributed by atoms with van der Waals surface area (Å²) in [5, 5.41) is 6.09. The molecular weight excluding hydrogens is 400 g/mol. The van der Waals surface area contributed by atoms with E-state index in [1.807, 2.05) is 25.1 Å². The molecule has 6 nitrogen and oxygen atoms in total. The number of nitrogens with zero attached hydrogens (tertiary/aromatic N) is 2. The number of nitrogens with one attached hydrogen (secondary N) is 2. The molecule has 1 saturated heterocycles. The van der Waals surface area contributed by atoms with Crippen molar-refractivity contribution in [3.05, 3.63) is 64.7 Å². The maximum Gasteiger partial charge on any atom is 0.309 e. The molecule has 0 saturated carbocycles. The van der Waals surface area contributed by atoms with Gasteiger partial charge in [0.25, 0.3) is 0 Å². The predicted octanol–water partition coefficient (Wildman–Crippen LogP) is 2.59. The van der Waals surface area contributed by atoms with Crippen molar-refractivity contribution in [3.63, 3.8) is 0 Å². The molecule has 0 spiro atoms. The van der Waals surface area contributed by atoms with Crippen LogP contribution in [0.4, 0.5) is 5.69 Å². The van der Waals surface area contributed by atoms with Crippen LogP contribution in [0, 0.1) is 6.92 Å². The van der Waals surface area contributed by atoms with Crippen LogP contribution in [0.3, 0.4) is 0 Å². The lowest BCUT2D eigenvalue weighted by Crippen LogP contribution is -2.53. The largest absolute Gasteiger partial charge is 0.369 e. The first kappa shape index (κ1) is 22.1. The van der Waals surface area contributed by atoms with E-state index in [1.165, 1.54) is 5.69 Å². The van der Waals surface area contributed by atoms with Crippen molar-refractivity contribution >= 4 is 29.1 Å². The molecule has 1 aliphatic rings. The molecule has 0 aromatic heterocycles.